The van der Waals surface area contributed by atoms with Crippen molar-refractivity contribution in [2.24, 2.45) is 0 Å². The van der Waals surface area contributed by atoms with Crippen molar-refractivity contribution in [3.8, 4) is 28.4 Å². The minimum absolute atomic E-state index is 0.114. The lowest BCUT2D eigenvalue weighted by Crippen LogP contribution is -2.16. The van der Waals surface area contributed by atoms with E-state index in [1.807, 2.05) is 62.4 Å². The highest BCUT2D eigenvalue weighted by molar-refractivity contribution is 5.72. The normalized spacial score (nSPS) is 11.7. The summed E-state index contributed by atoms with van der Waals surface area (Å²) in [6.45, 7) is 3.91. The van der Waals surface area contributed by atoms with Crippen LogP contribution in [0.3, 0.4) is 0 Å². The van der Waals surface area contributed by atoms with Gasteiger partial charge in [0.1, 0.15) is 23.9 Å². The first-order chi connectivity index (χ1) is 16.9. The molecule has 0 radical (unpaired) electrons. The number of carboxylic acid groups (broad SMARTS) is 1. The Morgan fingerprint density at radius 3 is 2.57 bits per heavy atom. The highest BCUT2D eigenvalue weighted by Gasteiger charge is 2.13. The predicted molar refractivity (Wildman–Crippen MR) is 135 cm³/mol. The molecular weight excluding hydrogens is 447 g/mol. The number of aryl methyl sites for hydroxylation is 2. The second-order valence-corrected chi connectivity index (χ2v) is 8.44. The second-order valence-electron chi connectivity index (χ2n) is 8.44. The smallest absolute Gasteiger partial charge is 0.303 e. The lowest BCUT2D eigenvalue weighted by Gasteiger charge is -2.19. The van der Waals surface area contributed by atoms with Crippen molar-refractivity contribution in [3.05, 3.63) is 77.4 Å². The SMILES string of the molecule is CCc1cc(OCC[C@H](C)Oc2cc(CF)ccc2-c2cccc(OC)c2)ccc1CCC(=O)O. The Morgan fingerprint density at radius 1 is 1.03 bits per heavy atom. The molecule has 0 aliphatic rings. The highest BCUT2D eigenvalue weighted by atomic mass is 19.1. The molecule has 0 unspecified atom stereocenters. The van der Waals surface area contributed by atoms with Crippen LogP contribution in [0.15, 0.2) is 60.7 Å². The fourth-order valence-corrected chi connectivity index (χ4v) is 3.90. The monoisotopic (exact) mass is 480 g/mol. The minimum atomic E-state index is -0.798. The van der Waals surface area contributed by atoms with Crippen LogP contribution in [0.5, 0.6) is 17.2 Å². The molecule has 3 rings (SSSR count). The Morgan fingerprint density at radius 2 is 1.86 bits per heavy atom. The van der Waals surface area contributed by atoms with Gasteiger partial charge >= 0.3 is 5.97 Å². The van der Waals surface area contributed by atoms with Crippen molar-refractivity contribution >= 4 is 5.97 Å². The molecular formula is C29H33FO5. The van der Waals surface area contributed by atoms with E-state index in [0.29, 0.717) is 30.8 Å². The van der Waals surface area contributed by atoms with Crippen LogP contribution in [-0.2, 0) is 24.3 Å². The van der Waals surface area contributed by atoms with Crippen molar-refractivity contribution in [1.82, 2.24) is 0 Å². The number of benzene rings is 3. The van der Waals surface area contributed by atoms with Gasteiger partial charge in [0.15, 0.2) is 0 Å². The minimum Gasteiger partial charge on any atom is -0.497 e. The summed E-state index contributed by atoms with van der Waals surface area (Å²) in [6.07, 6.45) is 1.92. The number of carbonyl (C=O) groups is 1. The van der Waals surface area contributed by atoms with Crippen LogP contribution in [0.4, 0.5) is 4.39 Å². The summed E-state index contributed by atoms with van der Waals surface area (Å²) >= 11 is 0. The van der Waals surface area contributed by atoms with E-state index >= 15 is 0 Å². The number of halogens is 1. The molecule has 0 fully saturated rings. The molecule has 0 aliphatic heterocycles. The third kappa shape index (κ3) is 7.47. The maximum absolute atomic E-state index is 13.3. The molecule has 35 heavy (non-hydrogen) atoms. The van der Waals surface area contributed by atoms with Gasteiger partial charge in [0.2, 0.25) is 0 Å². The molecule has 0 aromatic heterocycles. The summed E-state index contributed by atoms with van der Waals surface area (Å²) in [5.41, 5.74) is 4.50. The molecule has 0 saturated heterocycles. The van der Waals surface area contributed by atoms with Crippen LogP contribution in [0.1, 0.15) is 43.4 Å². The molecule has 0 amide bonds. The van der Waals surface area contributed by atoms with Crippen molar-refractivity contribution < 1.29 is 28.5 Å². The number of aliphatic carboxylic acids is 1. The number of alkyl halides is 1. The van der Waals surface area contributed by atoms with E-state index in [1.165, 1.54) is 0 Å². The van der Waals surface area contributed by atoms with Crippen LogP contribution >= 0.6 is 0 Å². The summed E-state index contributed by atoms with van der Waals surface area (Å²) in [5, 5.41) is 8.94. The second kappa shape index (κ2) is 12.8. The van der Waals surface area contributed by atoms with Gasteiger partial charge in [0.05, 0.1) is 19.8 Å². The topological polar surface area (TPSA) is 65.0 Å². The van der Waals surface area contributed by atoms with E-state index in [1.54, 1.807) is 19.2 Å². The molecule has 0 bridgehead atoms. The maximum Gasteiger partial charge on any atom is 0.303 e. The first kappa shape index (κ1) is 26.1. The molecule has 3 aromatic rings. The average Bonchev–Trinajstić information content (AvgIpc) is 2.87. The zero-order chi connectivity index (χ0) is 25.2. The van der Waals surface area contributed by atoms with Crippen LogP contribution in [-0.4, -0.2) is 30.9 Å². The Kier molecular flexibility index (Phi) is 9.53. The Bertz CT molecular complexity index is 1130. The van der Waals surface area contributed by atoms with Gasteiger partial charge in [-0.15, -0.1) is 0 Å². The highest BCUT2D eigenvalue weighted by Crippen LogP contribution is 2.34. The van der Waals surface area contributed by atoms with E-state index in [0.717, 1.165) is 40.2 Å². The zero-order valence-electron chi connectivity index (χ0n) is 20.6. The van der Waals surface area contributed by atoms with Gasteiger partial charge in [0, 0.05) is 18.4 Å². The van der Waals surface area contributed by atoms with Crippen LogP contribution in [0, 0.1) is 0 Å². The summed E-state index contributed by atoms with van der Waals surface area (Å²) in [6, 6.07) is 18.9. The fourth-order valence-electron chi connectivity index (χ4n) is 3.90. The Balaban J connectivity index is 1.64. The molecule has 1 atom stereocenters. The summed E-state index contributed by atoms with van der Waals surface area (Å²) in [5.74, 6) is 1.32. The Labute approximate surface area is 206 Å². The summed E-state index contributed by atoms with van der Waals surface area (Å²) < 4.78 is 30.9. The Hall–Kier alpha value is -3.54. The lowest BCUT2D eigenvalue weighted by atomic mass is 10.0. The first-order valence-electron chi connectivity index (χ1n) is 11.9. The van der Waals surface area contributed by atoms with E-state index < -0.39 is 12.6 Å². The molecule has 0 saturated carbocycles. The van der Waals surface area contributed by atoms with Gasteiger partial charge in [-0.25, -0.2) is 4.39 Å². The van der Waals surface area contributed by atoms with Crippen molar-refractivity contribution in [1.29, 1.82) is 0 Å². The average molecular weight is 481 g/mol. The van der Waals surface area contributed by atoms with E-state index in [9.17, 15) is 9.18 Å². The van der Waals surface area contributed by atoms with Gasteiger partial charge < -0.3 is 19.3 Å². The maximum atomic E-state index is 13.3. The van der Waals surface area contributed by atoms with Gasteiger partial charge in [-0.3, -0.25) is 4.79 Å². The number of methoxy groups -OCH3 is 1. The van der Waals surface area contributed by atoms with Crippen molar-refractivity contribution in [2.75, 3.05) is 13.7 Å². The third-order valence-electron chi connectivity index (χ3n) is 5.87. The van der Waals surface area contributed by atoms with Gasteiger partial charge in [-0.1, -0.05) is 37.3 Å². The molecule has 0 aliphatic carbocycles. The third-order valence-corrected chi connectivity index (χ3v) is 5.87. The molecule has 3 aromatic carbocycles. The largest absolute Gasteiger partial charge is 0.497 e. The van der Waals surface area contributed by atoms with Crippen molar-refractivity contribution in [2.45, 2.75) is 52.3 Å². The molecule has 5 nitrogen and oxygen atoms in total. The standard InChI is InChI=1S/C29H33FO5/c1-4-22-17-26(11-9-23(22)10-13-29(31)32)34-15-14-20(2)35-28-16-21(19-30)8-12-27(28)24-6-5-7-25(18-24)33-3/h5-9,11-12,16-18,20H,4,10,13-15,19H2,1-3H3,(H,31,32)/t20-/m0/s1. The van der Waals surface area contributed by atoms with Gasteiger partial charge in [-0.05, 0) is 72.4 Å². The van der Waals surface area contributed by atoms with E-state index in [4.69, 9.17) is 19.3 Å². The van der Waals surface area contributed by atoms with Gasteiger partial charge in [0.25, 0.3) is 0 Å². The van der Waals surface area contributed by atoms with Crippen molar-refractivity contribution in [3.63, 3.8) is 0 Å². The molecule has 1 N–H and O–H groups in total. The first-order valence-corrected chi connectivity index (χ1v) is 11.9. The van der Waals surface area contributed by atoms with Crippen LogP contribution in [0.25, 0.3) is 11.1 Å². The molecule has 186 valence electrons. The van der Waals surface area contributed by atoms with E-state index in [2.05, 4.69) is 0 Å². The molecule has 0 heterocycles. The molecule has 0 spiro atoms. The number of ether oxygens (including phenoxy) is 3. The number of carboxylic acids is 1. The van der Waals surface area contributed by atoms with Crippen LogP contribution in [0.2, 0.25) is 0 Å². The number of hydrogen-bond donors (Lipinski definition) is 1. The van der Waals surface area contributed by atoms with Gasteiger partial charge in [-0.2, -0.15) is 0 Å². The van der Waals surface area contributed by atoms with Crippen LogP contribution < -0.4 is 14.2 Å². The fraction of sp³-hybridized carbons (Fsp3) is 0.345. The summed E-state index contributed by atoms with van der Waals surface area (Å²) in [7, 11) is 1.62. The quantitative estimate of drug-likeness (QED) is 0.297. The zero-order valence-corrected chi connectivity index (χ0v) is 20.6. The molecule has 6 heteroatoms. The number of rotatable bonds is 13. The number of hydrogen-bond acceptors (Lipinski definition) is 4. The predicted octanol–water partition coefficient (Wildman–Crippen LogP) is 6.65. The summed E-state index contributed by atoms with van der Waals surface area (Å²) in [4.78, 5) is 10.9. The van der Waals surface area contributed by atoms with E-state index in [-0.39, 0.29) is 12.5 Å². The lowest BCUT2D eigenvalue weighted by molar-refractivity contribution is -0.136.